The average Bonchev–Trinajstić information content (AvgIpc) is 2.38. The Labute approximate surface area is 113 Å². The third-order valence-corrected chi connectivity index (χ3v) is 2.99. The van der Waals surface area contributed by atoms with E-state index >= 15 is 0 Å². The zero-order chi connectivity index (χ0) is 13.8. The summed E-state index contributed by atoms with van der Waals surface area (Å²) in [6.07, 6.45) is 3.48. The summed E-state index contributed by atoms with van der Waals surface area (Å²) in [5.41, 5.74) is 3.56. The van der Waals surface area contributed by atoms with Crippen molar-refractivity contribution in [3.05, 3.63) is 53.3 Å². The maximum atomic E-state index is 9.91. The number of aromatic hydroxyl groups is 1. The van der Waals surface area contributed by atoms with Crippen molar-refractivity contribution in [2.24, 2.45) is 4.99 Å². The number of phenols is 1. The molecule has 3 heteroatoms. The van der Waals surface area contributed by atoms with Crippen molar-refractivity contribution >= 4 is 11.9 Å². The van der Waals surface area contributed by atoms with Crippen LogP contribution in [0.3, 0.4) is 0 Å². The Balaban J connectivity index is 2.35. The highest BCUT2D eigenvalue weighted by molar-refractivity contribution is 5.80. The van der Waals surface area contributed by atoms with Crippen LogP contribution in [0.1, 0.15) is 36.6 Å². The monoisotopic (exact) mass is 254 g/mol. The zero-order valence-electron chi connectivity index (χ0n) is 11.5. The standard InChI is InChI=1S/C16H18N2O/c1-11(2)14-9-15(12(3)8-16(14)19)18-10-13-6-4-5-7-17-13/h4-11,19H,1-3H3. The van der Waals surface area contributed by atoms with Gasteiger partial charge in [0.15, 0.2) is 0 Å². The highest BCUT2D eigenvalue weighted by atomic mass is 16.3. The summed E-state index contributed by atoms with van der Waals surface area (Å²) in [5.74, 6) is 0.605. The van der Waals surface area contributed by atoms with Gasteiger partial charge in [-0.2, -0.15) is 0 Å². The molecular formula is C16H18N2O. The smallest absolute Gasteiger partial charge is 0.119 e. The van der Waals surface area contributed by atoms with Crippen LogP contribution in [0.5, 0.6) is 5.75 Å². The number of hydrogen-bond acceptors (Lipinski definition) is 3. The number of aromatic nitrogens is 1. The Kier molecular flexibility index (Phi) is 3.95. The predicted molar refractivity (Wildman–Crippen MR) is 78.4 cm³/mol. The van der Waals surface area contributed by atoms with Crippen LogP contribution in [0.4, 0.5) is 5.69 Å². The minimum Gasteiger partial charge on any atom is -0.508 e. The minimum absolute atomic E-state index is 0.268. The Hall–Kier alpha value is -2.16. The van der Waals surface area contributed by atoms with Crippen LogP contribution < -0.4 is 0 Å². The van der Waals surface area contributed by atoms with Crippen LogP contribution in [0, 0.1) is 6.92 Å². The van der Waals surface area contributed by atoms with Crippen molar-refractivity contribution in [3.63, 3.8) is 0 Å². The fraction of sp³-hybridized carbons (Fsp3) is 0.250. The molecule has 1 aromatic heterocycles. The second-order valence-electron chi connectivity index (χ2n) is 4.87. The van der Waals surface area contributed by atoms with Gasteiger partial charge in [0.1, 0.15) is 5.75 Å². The van der Waals surface area contributed by atoms with E-state index in [0.717, 1.165) is 22.5 Å². The SMILES string of the molecule is Cc1cc(O)c(C(C)C)cc1N=Cc1ccccn1. The van der Waals surface area contributed by atoms with E-state index in [4.69, 9.17) is 0 Å². The van der Waals surface area contributed by atoms with E-state index in [-0.39, 0.29) is 5.92 Å². The highest BCUT2D eigenvalue weighted by Gasteiger charge is 2.09. The van der Waals surface area contributed by atoms with Crippen LogP contribution >= 0.6 is 0 Å². The Morgan fingerprint density at radius 2 is 2.05 bits per heavy atom. The molecule has 0 saturated heterocycles. The zero-order valence-corrected chi connectivity index (χ0v) is 11.5. The van der Waals surface area contributed by atoms with Gasteiger partial charge in [-0.05, 0) is 48.2 Å². The van der Waals surface area contributed by atoms with Crippen LogP contribution in [0.25, 0.3) is 0 Å². The van der Waals surface area contributed by atoms with E-state index in [0.29, 0.717) is 5.75 Å². The van der Waals surface area contributed by atoms with E-state index < -0.39 is 0 Å². The first kappa shape index (κ1) is 13.3. The molecule has 1 aromatic carbocycles. The molecule has 0 atom stereocenters. The van der Waals surface area contributed by atoms with Crippen molar-refractivity contribution in [3.8, 4) is 5.75 Å². The molecule has 2 aromatic rings. The number of hydrogen-bond donors (Lipinski definition) is 1. The van der Waals surface area contributed by atoms with E-state index in [9.17, 15) is 5.11 Å². The van der Waals surface area contributed by atoms with Gasteiger partial charge >= 0.3 is 0 Å². The summed E-state index contributed by atoms with van der Waals surface area (Å²) >= 11 is 0. The van der Waals surface area contributed by atoms with Crippen molar-refractivity contribution in [2.45, 2.75) is 26.7 Å². The summed E-state index contributed by atoms with van der Waals surface area (Å²) < 4.78 is 0. The van der Waals surface area contributed by atoms with Gasteiger partial charge < -0.3 is 5.11 Å². The lowest BCUT2D eigenvalue weighted by atomic mass is 9.99. The summed E-state index contributed by atoms with van der Waals surface area (Å²) in [4.78, 5) is 8.66. The number of aliphatic imine (C=N–C) groups is 1. The number of nitrogens with zero attached hydrogens (tertiary/aromatic N) is 2. The maximum absolute atomic E-state index is 9.91. The molecule has 0 unspecified atom stereocenters. The quantitative estimate of drug-likeness (QED) is 0.842. The van der Waals surface area contributed by atoms with Gasteiger partial charge in [0.05, 0.1) is 17.6 Å². The minimum atomic E-state index is 0.268. The molecule has 3 nitrogen and oxygen atoms in total. The molecule has 0 aliphatic rings. The average molecular weight is 254 g/mol. The molecule has 0 fully saturated rings. The highest BCUT2D eigenvalue weighted by Crippen LogP contribution is 2.32. The largest absolute Gasteiger partial charge is 0.508 e. The van der Waals surface area contributed by atoms with Crippen molar-refractivity contribution < 1.29 is 5.11 Å². The van der Waals surface area contributed by atoms with Gasteiger partial charge in [-0.3, -0.25) is 9.98 Å². The van der Waals surface area contributed by atoms with Crippen LogP contribution in [0.2, 0.25) is 0 Å². The van der Waals surface area contributed by atoms with Crippen molar-refractivity contribution in [2.75, 3.05) is 0 Å². The molecular weight excluding hydrogens is 236 g/mol. The lowest BCUT2D eigenvalue weighted by molar-refractivity contribution is 0.464. The summed E-state index contributed by atoms with van der Waals surface area (Å²) in [6.45, 7) is 6.04. The Bertz CT molecular complexity index is 589. The van der Waals surface area contributed by atoms with E-state index in [1.807, 2.05) is 31.2 Å². The normalized spacial score (nSPS) is 11.4. The molecule has 0 aliphatic heterocycles. The summed E-state index contributed by atoms with van der Waals surface area (Å²) in [7, 11) is 0. The first-order valence-corrected chi connectivity index (χ1v) is 6.36. The molecule has 0 radical (unpaired) electrons. The first-order valence-electron chi connectivity index (χ1n) is 6.36. The fourth-order valence-electron chi connectivity index (χ4n) is 1.89. The molecule has 1 heterocycles. The third kappa shape index (κ3) is 3.19. The van der Waals surface area contributed by atoms with Gasteiger partial charge in [-0.15, -0.1) is 0 Å². The summed E-state index contributed by atoms with van der Waals surface area (Å²) in [6, 6.07) is 9.41. The molecule has 1 N–H and O–H groups in total. The number of pyridine rings is 1. The third-order valence-electron chi connectivity index (χ3n) is 2.99. The van der Waals surface area contributed by atoms with Crippen molar-refractivity contribution in [1.29, 1.82) is 0 Å². The lowest BCUT2D eigenvalue weighted by Gasteiger charge is -2.11. The second-order valence-corrected chi connectivity index (χ2v) is 4.87. The number of rotatable bonds is 3. The van der Waals surface area contributed by atoms with E-state index in [2.05, 4.69) is 23.8 Å². The topological polar surface area (TPSA) is 45.5 Å². The van der Waals surface area contributed by atoms with E-state index in [1.54, 1.807) is 18.5 Å². The molecule has 19 heavy (non-hydrogen) atoms. The molecule has 98 valence electrons. The number of benzene rings is 1. The van der Waals surface area contributed by atoms with Gasteiger partial charge in [-0.25, -0.2) is 0 Å². The van der Waals surface area contributed by atoms with Crippen molar-refractivity contribution in [1.82, 2.24) is 4.98 Å². The van der Waals surface area contributed by atoms with E-state index in [1.165, 1.54) is 0 Å². The number of phenolic OH excluding ortho intramolecular Hbond substituents is 1. The molecule has 0 bridgehead atoms. The molecule has 0 saturated carbocycles. The second kappa shape index (κ2) is 5.65. The Morgan fingerprint density at radius 3 is 2.68 bits per heavy atom. The van der Waals surface area contributed by atoms with Gasteiger partial charge in [0.2, 0.25) is 0 Å². The van der Waals surface area contributed by atoms with Crippen LogP contribution in [-0.4, -0.2) is 16.3 Å². The van der Waals surface area contributed by atoms with Gasteiger partial charge in [0.25, 0.3) is 0 Å². The Morgan fingerprint density at radius 1 is 1.26 bits per heavy atom. The number of aryl methyl sites for hydroxylation is 1. The molecule has 0 spiro atoms. The molecule has 2 rings (SSSR count). The van der Waals surface area contributed by atoms with Gasteiger partial charge in [-0.1, -0.05) is 19.9 Å². The summed E-state index contributed by atoms with van der Waals surface area (Å²) in [5, 5.41) is 9.91. The fourth-order valence-corrected chi connectivity index (χ4v) is 1.89. The lowest BCUT2D eigenvalue weighted by Crippen LogP contribution is -1.90. The van der Waals surface area contributed by atoms with Crippen LogP contribution in [-0.2, 0) is 0 Å². The first-order chi connectivity index (χ1) is 9.08. The molecule has 0 aliphatic carbocycles. The van der Waals surface area contributed by atoms with Crippen LogP contribution in [0.15, 0.2) is 41.5 Å². The maximum Gasteiger partial charge on any atom is 0.119 e. The predicted octanol–water partition coefficient (Wildman–Crippen LogP) is 3.97. The van der Waals surface area contributed by atoms with Gasteiger partial charge in [0, 0.05) is 6.20 Å². The molecule has 0 amide bonds.